The first-order valence-corrected chi connectivity index (χ1v) is 6.19. The van der Waals surface area contributed by atoms with Gasteiger partial charge in [0.15, 0.2) is 0 Å². The SMILES string of the molecule is Cl.Cl.O=c1cc(C2CNC2)nc(-c2ccccc2Cl)[nH]1. The molecule has 1 aromatic heterocycles. The van der Waals surface area contributed by atoms with Crippen LogP contribution in [0.15, 0.2) is 35.1 Å². The average Bonchev–Trinajstić information content (AvgIpc) is 2.26. The van der Waals surface area contributed by atoms with E-state index in [2.05, 4.69) is 15.3 Å². The van der Waals surface area contributed by atoms with E-state index in [9.17, 15) is 4.79 Å². The fourth-order valence-electron chi connectivity index (χ4n) is 1.96. The van der Waals surface area contributed by atoms with Gasteiger partial charge in [0.05, 0.1) is 10.7 Å². The summed E-state index contributed by atoms with van der Waals surface area (Å²) >= 11 is 6.12. The number of halogens is 3. The second-order valence-electron chi connectivity index (χ2n) is 4.35. The molecule has 1 saturated heterocycles. The molecular formula is C13H14Cl3N3O. The van der Waals surface area contributed by atoms with Gasteiger partial charge in [-0.15, -0.1) is 24.8 Å². The quantitative estimate of drug-likeness (QED) is 0.887. The van der Waals surface area contributed by atoms with Crippen molar-refractivity contribution in [2.45, 2.75) is 5.92 Å². The molecule has 0 amide bonds. The topological polar surface area (TPSA) is 57.8 Å². The van der Waals surface area contributed by atoms with Crippen molar-refractivity contribution in [3.05, 3.63) is 51.4 Å². The third-order valence-electron chi connectivity index (χ3n) is 3.09. The Bertz CT molecular complexity index is 641. The van der Waals surface area contributed by atoms with Gasteiger partial charge < -0.3 is 10.3 Å². The van der Waals surface area contributed by atoms with Crippen LogP contribution in [0.2, 0.25) is 5.02 Å². The van der Waals surface area contributed by atoms with Gasteiger partial charge in [-0.05, 0) is 12.1 Å². The van der Waals surface area contributed by atoms with Crippen LogP contribution in [0.5, 0.6) is 0 Å². The summed E-state index contributed by atoms with van der Waals surface area (Å²) in [7, 11) is 0. The van der Waals surface area contributed by atoms with Gasteiger partial charge in [-0.3, -0.25) is 4.79 Å². The zero-order valence-electron chi connectivity index (χ0n) is 10.4. The second-order valence-corrected chi connectivity index (χ2v) is 4.76. The molecule has 0 aliphatic carbocycles. The summed E-state index contributed by atoms with van der Waals surface area (Å²) in [6, 6.07) is 8.92. The van der Waals surface area contributed by atoms with Crippen molar-refractivity contribution in [3.8, 4) is 11.4 Å². The minimum absolute atomic E-state index is 0. The number of hydrogen-bond acceptors (Lipinski definition) is 3. The van der Waals surface area contributed by atoms with Crippen LogP contribution in [0.25, 0.3) is 11.4 Å². The van der Waals surface area contributed by atoms with E-state index in [0.717, 1.165) is 24.3 Å². The summed E-state index contributed by atoms with van der Waals surface area (Å²) in [5, 5.41) is 3.76. The van der Waals surface area contributed by atoms with E-state index in [0.29, 0.717) is 16.8 Å². The number of nitrogens with one attached hydrogen (secondary N) is 2. The Labute approximate surface area is 133 Å². The summed E-state index contributed by atoms with van der Waals surface area (Å²) in [5.41, 5.74) is 1.44. The molecule has 4 nitrogen and oxygen atoms in total. The van der Waals surface area contributed by atoms with Gasteiger partial charge in [0.1, 0.15) is 5.82 Å². The van der Waals surface area contributed by atoms with Crippen LogP contribution in [0, 0.1) is 0 Å². The number of benzene rings is 1. The Morgan fingerprint density at radius 2 is 1.90 bits per heavy atom. The van der Waals surface area contributed by atoms with Crippen molar-refractivity contribution in [2.24, 2.45) is 0 Å². The molecule has 0 spiro atoms. The lowest BCUT2D eigenvalue weighted by Crippen LogP contribution is -2.40. The molecule has 0 radical (unpaired) electrons. The highest BCUT2D eigenvalue weighted by atomic mass is 35.5. The molecular weight excluding hydrogens is 321 g/mol. The molecule has 2 aromatic rings. The zero-order valence-corrected chi connectivity index (χ0v) is 12.8. The van der Waals surface area contributed by atoms with Crippen LogP contribution >= 0.6 is 36.4 Å². The van der Waals surface area contributed by atoms with Crippen LogP contribution in [0.1, 0.15) is 11.6 Å². The Kier molecular flexibility index (Phi) is 6.02. The number of nitrogens with zero attached hydrogens (tertiary/aromatic N) is 1. The van der Waals surface area contributed by atoms with E-state index >= 15 is 0 Å². The summed E-state index contributed by atoms with van der Waals surface area (Å²) in [6.07, 6.45) is 0. The van der Waals surface area contributed by atoms with Gasteiger partial charge >= 0.3 is 0 Å². The standard InChI is InChI=1S/C13H12ClN3O.2ClH/c14-10-4-2-1-3-9(10)13-16-11(5-12(18)17-13)8-6-15-7-8;;/h1-5,8,15H,6-7H2,(H,16,17,18);2*1H. The highest BCUT2D eigenvalue weighted by Crippen LogP contribution is 2.25. The summed E-state index contributed by atoms with van der Waals surface area (Å²) in [5.74, 6) is 0.864. The van der Waals surface area contributed by atoms with Crippen molar-refractivity contribution in [1.29, 1.82) is 0 Å². The molecule has 7 heteroatoms. The first-order valence-electron chi connectivity index (χ1n) is 5.81. The van der Waals surface area contributed by atoms with Crippen molar-refractivity contribution in [1.82, 2.24) is 15.3 Å². The van der Waals surface area contributed by atoms with E-state index in [-0.39, 0.29) is 30.4 Å². The number of hydrogen-bond donors (Lipinski definition) is 2. The lowest BCUT2D eigenvalue weighted by atomic mass is 9.99. The van der Waals surface area contributed by atoms with Crippen molar-refractivity contribution in [3.63, 3.8) is 0 Å². The number of rotatable bonds is 2. The van der Waals surface area contributed by atoms with E-state index in [4.69, 9.17) is 11.6 Å². The van der Waals surface area contributed by atoms with Gasteiger partial charge in [0.25, 0.3) is 5.56 Å². The summed E-state index contributed by atoms with van der Waals surface area (Å²) in [6.45, 7) is 1.75. The molecule has 2 heterocycles. The van der Waals surface area contributed by atoms with Gasteiger partial charge in [0, 0.05) is 30.6 Å². The number of H-pyrrole nitrogens is 1. The van der Waals surface area contributed by atoms with Crippen LogP contribution < -0.4 is 10.9 Å². The molecule has 0 saturated carbocycles. The Balaban J connectivity index is 0.000001000. The van der Waals surface area contributed by atoms with Crippen molar-refractivity contribution < 1.29 is 0 Å². The molecule has 1 aliphatic rings. The minimum atomic E-state index is -0.137. The van der Waals surface area contributed by atoms with Crippen LogP contribution in [-0.4, -0.2) is 23.1 Å². The van der Waals surface area contributed by atoms with Crippen LogP contribution in [-0.2, 0) is 0 Å². The molecule has 1 aromatic carbocycles. The lowest BCUT2D eigenvalue weighted by Gasteiger charge is -2.26. The number of aromatic amines is 1. The molecule has 0 atom stereocenters. The highest BCUT2D eigenvalue weighted by Gasteiger charge is 2.21. The molecule has 1 aliphatic heterocycles. The van der Waals surface area contributed by atoms with Gasteiger partial charge in [-0.1, -0.05) is 23.7 Å². The first-order chi connectivity index (χ1) is 8.74. The fraction of sp³-hybridized carbons (Fsp3) is 0.231. The monoisotopic (exact) mass is 333 g/mol. The molecule has 3 rings (SSSR count). The van der Waals surface area contributed by atoms with E-state index < -0.39 is 0 Å². The molecule has 2 N–H and O–H groups in total. The maximum absolute atomic E-state index is 11.7. The van der Waals surface area contributed by atoms with Gasteiger partial charge in [0.2, 0.25) is 0 Å². The third kappa shape index (κ3) is 3.33. The maximum Gasteiger partial charge on any atom is 0.251 e. The molecule has 1 fully saturated rings. The van der Waals surface area contributed by atoms with Crippen molar-refractivity contribution >= 4 is 36.4 Å². The normalized spacial score (nSPS) is 13.8. The average molecular weight is 335 g/mol. The first kappa shape index (κ1) is 17.0. The third-order valence-corrected chi connectivity index (χ3v) is 3.42. The molecule has 108 valence electrons. The van der Waals surface area contributed by atoms with E-state index in [1.165, 1.54) is 0 Å². The lowest BCUT2D eigenvalue weighted by molar-refractivity contribution is 0.439. The van der Waals surface area contributed by atoms with Crippen LogP contribution in [0.3, 0.4) is 0 Å². The summed E-state index contributed by atoms with van der Waals surface area (Å²) in [4.78, 5) is 18.9. The second kappa shape index (κ2) is 7.09. The smallest absolute Gasteiger partial charge is 0.251 e. The Morgan fingerprint density at radius 3 is 2.50 bits per heavy atom. The van der Waals surface area contributed by atoms with Crippen molar-refractivity contribution in [2.75, 3.05) is 13.1 Å². The Hall–Kier alpha value is -1.07. The maximum atomic E-state index is 11.7. The van der Waals surface area contributed by atoms with Crippen LogP contribution in [0.4, 0.5) is 0 Å². The molecule has 20 heavy (non-hydrogen) atoms. The van der Waals surface area contributed by atoms with Gasteiger partial charge in [-0.2, -0.15) is 0 Å². The van der Waals surface area contributed by atoms with E-state index in [1.54, 1.807) is 12.1 Å². The predicted octanol–water partition coefficient (Wildman–Crippen LogP) is 2.62. The Morgan fingerprint density at radius 1 is 1.20 bits per heavy atom. The highest BCUT2D eigenvalue weighted by molar-refractivity contribution is 6.33. The van der Waals surface area contributed by atoms with Gasteiger partial charge in [-0.25, -0.2) is 4.98 Å². The molecule has 0 bridgehead atoms. The molecule has 0 unspecified atom stereocenters. The van der Waals surface area contributed by atoms with E-state index in [1.807, 2.05) is 18.2 Å². The number of aromatic nitrogens is 2. The zero-order chi connectivity index (χ0) is 12.5. The fourth-order valence-corrected chi connectivity index (χ4v) is 2.19. The minimum Gasteiger partial charge on any atom is -0.315 e. The largest absolute Gasteiger partial charge is 0.315 e. The predicted molar refractivity (Wildman–Crippen MR) is 85.4 cm³/mol. The summed E-state index contributed by atoms with van der Waals surface area (Å²) < 4.78 is 0.